The molecule has 0 fully saturated rings. The van der Waals surface area contributed by atoms with Gasteiger partial charge in [0.15, 0.2) is 0 Å². The van der Waals surface area contributed by atoms with Crippen molar-refractivity contribution in [3.63, 3.8) is 0 Å². The Morgan fingerprint density at radius 1 is 0.488 bits per heavy atom. The van der Waals surface area contributed by atoms with Gasteiger partial charge in [0, 0.05) is 10.8 Å². The molecule has 1 unspecified atom stereocenters. The molecule has 1 aliphatic rings. The third kappa shape index (κ3) is 12.2. The second-order valence-corrected chi connectivity index (χ2v) is 21.6. The summed E-state index contributed by atoms with van der Waals surface area (Å²) in [6.07, 6.45) is 11.4. The van der Waals surface area contributed by atoms with E-state index in [-0.39, 0.29) is 0 Å². The summed E-state index contributed by atoms with van der Waals surface area (Å²) in [5.41, 5.74) is 22.3. The van der Waals surface area contributed by atoms with Gasteiger partial charge in [-0.2, -0.15) is 0 Å². The molecular formula is C81H74O. The van der Waals surface area contributed by atoms with Crippen molar-refractivity contribution in [2.75, 3.05) is 0 Å². The van der Waals surface area contributed by atoms with Crippen molar-refractivity contribution in [3.05, 3.63) is 353 Å². The van der Waals surface area contributed by atoms with Gasteiger partial charge >= 0.3 is 0 Å². The van der Waals surface area contributed by atoms with Gasteiger partial charge in [-0.25, -0.2) is 0 Å². The van der Waals surface area contributed by atoms with Crippen molar-refractivity contribution >= 4 is 38.3 Å². The highest BCUT2D eigenvalue weighted by Gasteiger charge is 2.47. The standard InChI is InChI=1S/C45H34O.C16H20.C13H12.C7H8/c1-29(35-21-13-23-42-44(35)38-20-11-12-22-41(38)46-42)26-31-24-25-37-39(28-31)45(32-14-5-3-6-15-32,33-16-7-4-8-17-33)40-27-30(2)34-18-9-10-19-36(34)43(37)40;1-4-6-7-8-9-14(3)16-12-10-15(5-2)11-13-16;1-11-6-5-9-13(10-11)12-7-3-2-4-8-12;1-7-5-3-2-4-6-7/h3-25,27-29H,26H2,1-2H3;6-13H,3-5H2,1-2H3;2-10H,1H3;2-6H,1H3/b;7-6-,9-8-;;. The number of furan rings is 1. The third-order valence-corrected chi connectivity index (χ3v) is 15.9. The molecule has 0 bridgehead atoms. The smallest absolute Gasteiger partial charge is 0.135 e. The van der Waals surface area contributed by atoms with Crippen molar-refractivity contribution < 1.29 is 4.42 Å². The maximum absolute atomic E-state index is 6.26. The van der Waals surface area contributed by atoms with Crippen LogP contribution in [0.2, 0.25) is 0 Å². The van der Waals surface area contributed by atoms with E-state index < -0.39 is 5.41 Å². The van der Waals surface area contributed by atoms with Gasteiger partial charge in [0.05, 0.1) is 5.41 Å². The number of hydrogen-bond donors (Lipinski definition) is 0. The fraction of sp³-hybridized carbons (Fsp3) is 0.136. The SMILES string of the molecule is C=C(/C=C\C=C/CC)c1ccc(CC)cc1.Cc1cc2c(c3ccccc13)-c1ccc(CC(C)c3cccc4oc5ccccc5c34)cc1C2(c1ccccc1)c1ccccc1.Cc1cccc(-c2ccccc2)c1.Cc1ccccc1. The predicted octanol–water partition coefficient (Wildman–Crippen LogP) is 22.2. The van der Waals surface area contributed by atoms with E-state index >= 15 is 0 Å². The number of benzene rings is 11. The van der Waals surface area contributed by atoms with E-state index in [0.717, 1.165) is 36.0 Å². The van der Waals surface area contributed by atoms with E-state index in [0.29, 0.717) is 5.92 Å². The predicted molar refractivity (Wildman–Crippen MR) is 353 cm³/mol. The Kier molecular flexibility index (Phi) is 18.0. The van der Waals surface area contributed by atoms with Crippen LogP contribution in [0.1, 0.15) is 94.3 Å². The molecule has 1 atom stereocenters. The largest absolute Gasteiger partial charge is 0.456 e. The zero-order chi connectivity index (χ0) is 56.8. The second kappa shape index (κ2) is 26.3. The summed E-state index contributed by atoms with van der Waals surface area (Å²) in [6, 6.07) is 93.7. The van der Waals surface area contributed by atoms with Crippen LogP contribution in [-0.4, -0.2) is 0 Å². The molecule has 0 N–H and O–H groups in total. The third-order valence-electron chi connectivity index (χ3n) is 15.9. The monoisotopic (exact) mass is 1060 g/mol. The van der Waals surface area contributed by atoms with Gasteiger partial charge in [-0.15, -0.1) is 0 Å². The summed E-state index contributed by atoms with van der Waals surface area (Å²) in [6.45, 7) is 17.2. The van der Waals surface area contributed by atoms with E-state index in [1.54, 1.807) is 0 Å². The van der Waals surface area contributed by atoms with Crippen LogP contribution in [0.15, 0.2) is 296 Å². The maximum atomic E-state index is 6.26. The quantitative estimate of drug-likeness (QED) is 0.118. The molecule has 82 heavy (non-hydrogen) atoms. The van der Waals surface area contributed by atoms with Crippen LogP contribution in [0.25, 0.3) is 60.5 Å². The summed E-state index contributed by atoms with van der Waals surface area (Å²) < 4.78 is 6.26. The fourth-order valence-electron chi connectivity index (χ4n) is 11.8. The molecule has 0 amide bonds. The first kappa shape index (κ1) is 56.0. The highest BCUT2D eigenvalue weighted by Crippen LogP contribution is 2.58. The Morgan fingerprint density at radius 2 is 1.05 bits per heavy atom. The summed E-state index contributed by atoms with van der Waals surface area (Å²) in [7, 11) is 0. The van der Waals surface area contributed by atoms with Crippen LogP contribution in [-0.2, 0) is 18.3 Å². The van der Waals surface area contributed by atoms with Gasteiger partial charge < -0.3 is 4.42 Å². The summed E-state index contributed by atoms with van der Waals surface area (Å²) in [5, 5.41) is 5.08. The highest BCUT2D eigenvalue weighted by molar-refractivity contribution is 6.07. The average Bonchev–Trinajstić information content (AvgIpc) is 2.91. The van der Waals surface area contributed by atoms with Crippen molar-refractivity contribution in [2.45, 2.75) is 72.1 Å². The second-order valence-electron chi connectivity index (χ2n) is 21.6. The van der Waals surface area contributed by atoms with E-state index in [1.807, 2.05) is 42.5 Å². The Morgan fingerprint density at radius 3 is 1.68 bits per heavy atom. The van der Waals surface area contributed by atoms with E-state index in [4.69, 9.17) is 4.42 Å². The molecule has 0 aliphatic heterocycles. The molecule has 11 aromatic carbocycles. The van der Waals surface area contributed by atoms with Gasteiger partial charge in [0.2, 0.25) is 0 Å². The van der Waals surface area contributed by atoms with E-state index in [1.165, 1.54) is 105 Å². The molecule has 13 rings (SSSR count). The molecule has 0 spiro atoms. The molecule has 404 valence electrons. The van der Waals surface area contributed by atoms with E-state index in [9.17, 15) is 0 Å². The topological polar surface area (TPSA) is 13.1 Å². The lowest BCUT2D eigenvalue weighted by molar-refractivity contribution is 0.667. The van der Waals surface area contributed by atoms with Crippen molar-refractivity contribution in [2.24, 2.45) is 0 Å². The van der Waals surface area contributed by atoms with Gasteiger partial charge in [-0.3, -0.25) is 0 Å². The first-order valence-electron chi connectivity index (χ1n) is 29.1. The van der Waals surface area contributed by atoms with Gasteiger partial charge in [0.1, 0.15) is 11.2 Å². The summed E-state index contributed by atoms with van der Waals surface area (Å²) >= 11 is 0. The number of hydrogen-bond acceptors (Lipinski definition) is 1. The molecular weight excluding hydrogens is 989 g/mol. The lowest BCUT2D eigenvalue weighted by Gasteiger charge is -2.34. The zero-order valence-electron chi connectivity index (χ0n) is 48.4. The van der Waals surface area contributed by atoms with Crippen LogP contribution in [0, 0.1) is 20.8 Å². The molecule has 1 aliphatic carbocycles. The molecule has 1 aromatic heterocycles. The molecule has 0 saturated heterocycles. The first-order chi connectivity index (χ1) is 40.2. The molecule has 1 heteroatoms. The number of aryl methyl sites for hydroxylation is 4. The van der Waals surface area contributed by atoms with E-state index in [2.05, 4.69) is 291 Å². The molecule has 0 radical (unpaired) electrons. The maximum Gasteiger partial charge on any atom is 0.135 e. The van der Waals surface area contributed by atoms with Crippen LogP contribution in [0.3, 0.4) is 0 Å². The molecule has 0 saturated carbocycles. The number of fused-ring (bicyclic) bond motifs is 8. The Bertz CT molecular complexity index is 4080. The van der Waals surface area contributed by atoms with Crippen molar-refractivity contribution in [3.8, 4) is 22.3 Å². The lowest BCUT2D eigenvalue weighted by atomic mass is 9.67. The van der Waals surface area contributed by atoms with Gasteiger partial charge in [-0.1, -0.05) is 312 Å². The van der Waals surface area contributed by atoms with Crippen molar-refractivity contribution in [1.29, 1.82) is 0 Å². The van der Waals surface area contributed by atoms with Crippen molar-refractivity contribution in [1.82, 2.24) is 0 Å². The minimum absolute atomic E-state index is 0.303. The normalized spacial score (nSPS) is 12.4. The Labute approximate surface area is 487 Å². The summed E-state index contributed by atoms with van der Waals surface area (Å²) in [4.78, 5) is 0. The molecule has 1 nitrogen and oxygen atoms in total. The number of allylic oxidation sites excluding steroid dienone is 5. The van der Waals surface area contributed by atoms with Crippen LogP contribution < -0.4 is 0 Å². The lowest BCUT2D eigenvalue weighted by Crippen LogP contribution is -2.28. The zero-order valence-corrected chi connectivity index (χ0v) is 48.4. The molecule has 1 heterocycles. The van der Waals surface area contributed by atoms with Gasteiger partial charge in [0.25, 0.3) is 0 Å². The van der Waals surface area contributed by atoms with Crippen LogP contribution in [0.5, 0.6) is 0 Å². The minimum atomic E-state index is -0.429. The summed E-state index contributed by atoms with van der Waals surface area (Å²) in [5.74, 6) is 0.303. The average molecular weight is 1060 g/mol. The van der Waals surface area contributed by atoms with Crippen LogP contribution in [0.4, 0.5) is 0 Å². The highest BCUT2D eigenvalue weighted by atomic mass is 16.3. The van der Waals surface area contributed by atoms with Gasteiger partial charge in [-0.05, 0) is 147 Å². The Hall–Kier alpha value is -9.30. The van der Waals surface area contributed by atoms with Crippen LogP contribution >= 0.6 is 0 Å². The molecule has 12 aromatic rings. The number of rotatable bonds is 11. The Balaban J connectivity index is 0.000000169. The first-order valence-corrected chi connectivity index (χ1v) is 29.1. The fourth-order valence-corrected chi connectivity index (χ4v) is 11.8. The minimum Gasteiger partial charge on any atom is -0.456 e. The number of para-hydroxylation sites is 1.